The van der Waals surface area contributed by atoms with Crippen LogP contribution in [0.15, 0.2) is 24.5 Å². The molecule has 0 aliphatic carbocycles. The Kier molecular flexibility index (Phi) is 3.37. The van der Waals surface area contributed by atoms with Gasteiger partial charge in [0.25, 0.3) is 5.91 Å². The Bertz CT molecular complexity index is 537. The van der Waals surface area contributed by atoms with Gasteiger partial charge in [0.1, 0.15) is 11.5 Å². The molecular weight excluding hydrogens is 234 g/mol. The lowest BCUT2D eigenvalue weighted by Gasteiger charge is -2.08. The normalized spacial score (nSPS) is 10.2. The van der Waals surface area contributed by atoms with Crippen LogP contribution in [-0.4, -0.2) is 32.4 Å². The van der Waals surface area contributed by atoms with Crippen LogP contribution >= 0.6 is 0 Å². The molecule has 2 rings (SSSR count). The van der Waals surface area contributed by atoms with Gasteiger partial charge in [-0.3, -0.25) is 9.48 Å². The highest BCUT2D eigenvalue weighted by Gasteiger charge is 2.06. The minimum atomic E-state index is -0.589. The van der Waals surface area contributed by atoms with E-state index in [0.29, 0.717) is 24.6 Å². The fraction of sp³-hybridized carbons (Fsp3) is 0.200. The van der Waals surface area contributed by atoms with Gasteiger partial charge >= 0.3 is 0 Å². The van der Waals surface area contributed by atoms with E-state index in [9.17, 15) is 4.79 Å². The highest BCUT2D eigenvalue weighted by molar-refractivity contribution is 5.91. The SMILES string of the molecule is NC(=O)c1ccc(N)c(NCCn2ccnn2)n1. The molecule has 2 aromatic heterocycles. The number of carbonyl (C=O) groups excluding carboxylic acids is 1. The van der Waals surface area contributed by atoms with Crippen molar-refractivity contribution in [2.75, 3.05) is 17.6 Å². The minimum absolute atomic E-state index is 0.174. The van der Waals surface area contributed by atoms with E-state index < -0.39 is 5.91 Å². The molecule has 0 aromatic carbocycles. The molecule has 0 saturated carbocycles. The summed E-state index contributed by atoms with van der Waals surface area (Å²) >= 11 is 0. The Morgan fingerprint density at radius 3 is 2.94 bits per heavy atom. The number of nitrogens with one attached hydrogen (secondary N) is 1. The molecule has 8 nitrogen and oxygen atoms in total. The van der Waals surface area contributed by atoms with Crippen LogP contribution in [0.4, 0.5) is 11.5 Å². The lowest BCUT2D eigenvalue weighted by Crippen LogP contribution is -2.17. The topological polar surface area (TPSA) is 125 Å². The zero-order valence-electron chi connectivity index (χ0n) is 9.58. The number of nitrogens with two attached hydrogens (primary N) is 2. The van der Waals surface area contributed by atoms with E-state index in [4.69, 9.17) is 11.5 Å². The van der Waals surface area contributed by atoms with Crippen molar-refractivity contribution in [1.29, 1.82) is 0 Å². The monoisotopic (exact) mass is 247 g/mol. The van der Waals surface area contributed by atoms with Crippen LogP contribution in [0.1, 0.15) is 10.5 Å². The minimum Gasteiger partial charge on any atom is -0.396 e. The quantitative estimate of drug-likeness (QED) is 0.652. The van der Waals surface area contributed by atoms with Crippen LogP contribution in [0.5, 0.6) is 0 Å². The summed E-state index contributed by atoms with van der Waals surface area (Å²) in [6.07, 6.45) is 3.35. The number of primary amides is 1. The first-order chi connectivity index (χ1) is 8.66. The highest BCUT2D eigenvalue weighted by Crippen LogP contribution is 2.15. The molecule has 1 amide bonds. The van der Waals surface area contributed by atoms with E-state index >= 15 is 0 Å². The van der Waals surface area contributed by atoms with Gasteiger partial charge < -0.3 is 16.8 Å². The number of anilines is 2. The van der Waals surface area contributed by atoms with Gasteiger partial charge in [-0.05, 0) is 12.1 Å². The molecule has 0 aliphatic rings. The Morgan fingerprint density at radius 1 is 1.44 bits per heavy atom. The number of hydrogen-bond acceptors (Lipinski definition) is 6. The zero-order valence-corrected chi connectivity index (χ0v) is 9.58. The van der Waals surface area contributed by atoms with Crippen LogP contribution in [0, 0.1) is 0 Å². The lowest BCUT2D eigenvalue weighted by atomic mass is 10.3. The predicted octanol–water partition coefficient (Wildman–Crippen LogP) is -0.534. The Balaban J connectivity index is 2.00. The molecule has 2 heterocycles. The van der Waals surface area contributed by atoms with Gasteiger partial charge in [0, 0.05) is 12.7 Å². The molecule has 0 fully saturated rings. The van der Waals surface area contributed by atoms with Crippen molar-refractivity contribution in [2.45, 2.75) is 6.54 Å². The van der Waals surface area contributed by atoms with E-state index in [1.165, 1.54) is 6.07 Å². The van der Waals surface area contributed by atoms with Gasteiger partial charge in [-0.2, -0.15) is 0 Å². The average molecular weight is 247 g/mol. The number of hydrogen-bond donors (Lipinski definition) is 3. The summed E-state index contributed by atoms with van der Waals surface area (Å²) in [5.41, 5.74) is 11.5. The van der Waals surface area contributed by atoms with Gasteiger partial charge in [-0.15, -0.1) is 5.10 Å². The number of carbonyl (C=O) groups is 1. The van der Waals surface area contributed by atoms with Crippen LogP contribution in [-0.2, 0) is 6.54 Å². The van der Waals surface area contributed by atoms with Gasteiger partial charge in [-0.25, -0.2) is 4.98 Å². The number of nitrogens with zero attached hydrogens (tertiary/aromatic N) is 4. The molecule has 0 saturated heterocycles. The Morgan fingerprint density at radius 2 is 2.28 bits per heavy atom. The van der Waals surface area contributed by atoms with Gasteiger partial charge in [-0.1, -0.05) is 5.21 Å². The molecule has 0 spiro atoms. The molecule has 0 bridgehead atoms. The molecular formula is C10H13N7O. The van der Waals surface area contributed by atoms with Crippen molar-refractivity contribution in [3.05, 3.63) is 30.2 Å². The van der Waals surface area contributed by atoms with Crippen molar-refractivity contribution < 1.29 is 4.79 Å². The number of amides is 1. The molecule has 0 aliphatic heterocycles. The third kappa shape index (κ3) is 2.73. The molecule has 18 heavy (non-hydrogen) atoms. The first-order valence-electron chi connectivity index (χ1n) is 5.31. The van der Waals surface area contributed by atoms with Crippen LogP contribution in [0.25, 0.3) is 0 Å². The maximum atomic E-state index is 11.0. The van der Waals surface area contributed by atoms with Gasteiger partial charge in [0.2, 0.25) is 0 Å². The number of nitrogen functional groups attached to an aromatic ring is 1. The average Bonchev–Trinajstić information content (AvgIpc) is 2.84. The largest absolute Gasteiger partial charge is 0.396 e. The van der Waals surface area contributed by atoms with E-state index in [-0.39, 0.29) is 5.69 Å². The van der Waals surface area contributed by atoms with E-state index in [2.05, 4.69) is 20.6 Å². The maximum Gasteiger partial charge on any atom is 0.267 e. The summed E-state index contributed by atoms with van der Waals surface area (Å²) in [7, 11) is 0. The van der Waals surface area contributed by atoms with E-state index in [1.807, 2.05) is 0 Å². The molecule has 5 N–H and O–H groups in total. The summed E-state index contributed by atoms with van der Waals surface area (Å²) < 4.78 is 1.67. The number of pyridine rings is 1. The van der Waals surface area contributed by atoms with Crippen LogP contribution in [0.2, 0.25) is 0 Å². The third-order valence-corrected chi connectivity index (χ3v) is 2.28. The van der Waals surface area contributed by atoms with Crippen LogP contribution < -0.4 is 16.8 Å². The summed E-state index contributed by atoms with van der Waals surface area (Å²) in [6.45, 7) is 1.17. The zero-order chi connectivity index (χ0) is 13.0. The summed E-state index contributed by atoms with van der Waals surface area (Å²) in [4.78, 5) is 15.0. The van der Waals surface area contributed by atoms with E-state index in [1.54, 1.807) is 23.1 Å². The Hall–Kier alpha value is -2.64. The molecule has 8 heteroatoms. The first-order valence-corrected chi connectivity index (χ1v) is 5.31. The first kappa shape index (κ1) is 11.8. The fourth-order valence-electron chi connectivity index (χ4n) is 1.39. The van der Waals surface area contributed by atoms with Crippen molar-refractivity contribution in [3.63, 3.8) is 0 Å². The van der Waals surface area contributed by atoms with Crippen molar-refractivity contribution in [2.24, 2.45) is 5.73 Å². The second-order valence-corrected chi connectivity index (χ2v) is 3.59. The second-order valence-electron chi connectivity index (χ2n) is 3.59. The summed E-state index contributed by atoms with van der Waals surface area (Å²) in [5, 5.41) is 10.5. The number of rotatable bonds is 5. The molecule has 2 aromatic rings. The van der Waals surface area contributed by atoms with Crippen molar-refractivity contribution in [3.8, 4) is 0 Å². The molecule has 0 radical (unpaired) electrons. The second kappa shape index (κ2) is 5.13. The maximum absolute atomic E-state index is 11.0. The molecule has 0 atom stereocenters. The standard InChI is InChI=1S/C10H13N7O/c11-7-1-2-8(9(12)18)15-10(7)13-3-5-17-6-4-14-16-17/h1-2,4,6H,3,5,11H2,(H2,12,18)(H,13,15). The lowest BCUT2D eigenvalue weighted by molar-refractivity contribution is 0.0996. The van der Waals surface area contributed by atoms with Crippen LogP contribution in [0.3, 0.4) is 0 Å². The Labute approximate surface area is 103 Å². The highest BCUT2D eigenvalue weighted by atomic mass is 16.1. The summed E-state index contributed by atoms with van der Waals surface area (Å²) in [5.74, 6) is -0.152. The van der Waals surface area contributed by atoms with Gasteiger partial charge in [0.05, 0.1) is 18.4 Å². The molecule has 0 unspecified atom stereocenters. The van der Waals surface area contributed by atoms with Gasteiger partial charge in [0.15, 0.2) is 0 Å². The van der Waals surface area contributed by atoms with E-state index in [0.717, 1.165) is 0 Å². The third-order valence-electron chi connectivity index (χ3n) is 2.28. The smallest absolute Gasteiger partial charge is 0.267 e. The summed E-state index contributed by atoms with van der Waals surface area (Å²) in [6, 6.07) is 3.07. The predicted molar refractivity (Wildman–Crippen MR) is 65.7 cm³/mol. The van der Waals surface area contributed by atoms with Crippen molar-refractivity contribution >= 4 is 17.4 Å². The fourth-order valence-corrected chi connectivity index (χ4v) is 1.39. The number of aromatic nitrogens is 4. The van der Waals surface area contributed by atoms with Crippen molar-refractivity contribution in [1.82, 2.24) is 20.0 Å². The molecule has 94 valence electrons.